The highest BCUT2D eigenvalue weighted by Crippen LogP contribution is 2.41. The second-order valence-electron chi connectivity index (χ2n) is 7.31. The smallest absolute Gasteiger partial charge is 0.230 e. The number of benzene rings is 1. The molecule has 2 fully saturated rings. The standard InChI is InChI=1S/C20H27N5O2S/c1-27-17-8-4-15(5-9-17)10-11-21-18(26)14-28-20-23-22-19(24-12-2-3-13-24)25(20)16-6-7-16/h4-5,8-9,16H,2-3,6-7,10-14H2,1H3,(H,21,26). The fraction of sp³-hybridized carbons (Fsp3) is 0.550. The highest BCUT2D eigenvalue weighted by molar-refractivity contribution is 7.99. The van der Waals surface area contributed by atoms with Gasteiger partial charge in [0, 0.05) is 25.7 Å². The second-order valence-corrected chi connectivity index (χ2v) is 8.26. The summed E-state index contributed by atoms with van der Waals surface area (Å²) in [6, 6.07) is 8.44. The molecule has 150 valence electrons. The molecule has 0 radical (unpaired) electrons. The van der Waals surface area contributed by atoms with E-state index in [1.165, 1.54) is 43.0 Å². The summed E-state index contributed by atoms with van der Waals surface area (Å²) < 4.78 is 7.41. The number of amides is 1. The average Bonchev–Trinajstić information content (AvgIpc) is 3.24. The van der Waals surface area contributed by atoms with E-state index in [2.05, 4.69) is 25.0 Å². The summed E-state index contributed by atoms with van der Waals surface area (Å²) >= 11 is 1.49. The van der Waals surface area contributed by atoms with Gasteiger partial charge in [0.05, 0.1) is 12.9 Å². The number of hydrogen-bond acceptors (Lipinski definition) is 6. The molecule has 1 aliphatic carbocycles. The van der Waals surface area contributed by atoms with Crippen LogP contribution in [-0.4, -0.2) is 53.2 Å². The Labute approximate surface area is 169 Å². The Bertz CT molecular complexity index is 797. The molecule has 1 amide bonds. The molecule has 1 aromatic heterocycles. The number of anilines is 1. The Morgan fingerprint density at radius 3 is 2.64 bits per heavy atom. The van der Waals surface area contributed by atoms with E-state index in [-0.39, 0.29) is 5.91 Å². The van der Waals surface area contributed by atoms with E-state index in [0.29, 0.717) is 18.3 Å². The molecule has 2 aliphatic rings. The van der Waals surface area contributed by atoms with E-state index in [4.69, 9.17) is 4.74 Å². The molecule has 1 saturated heterocycles. The largest absolute Gasteiger partial charge is 0.497 e. The van der Waals surface area contributed by atoms with Crippen molar-refractivity contribution in [2.45, 2.75) is 43.3 Å². The van der Waals surface area contributed by atoms with Crippen LogP contribution < -0.4 is 15.0 Å². The lowest BCUT2D eigenvalue weighted by Gasteiger charge is -2.17. The minimum Gasteiger partial charge on any atom is -0.497 e. The lowest BCUT2D eigenvalue weighted by atomic mass is 10.1. The maximum atomic E-state index is 12.2. The molecular formula is C20H27N5O2S. The molecule has 0 atom stereocenters. The molecule has 1 aliphatic heterocycles. The Kier molecular flexibility index (Phi) is 6.04. The number of ether oxygens (including phenoxy) is 1. The Morgan fingerprint density at radius 1 is 1.21 bits per heavy atom. The second kappa shape index (κ2) is 8.86. The van der Waals surface area contributed by atoms with E-state index >= 15 is 0 Å². The average molecular weight is 402 g/mol. The topological polar surface area (TPSA) is 72.3 Å². The van der Waals surface area contributed by atoms with Crippen molar-refractivity contribution in [2.24, 2.45) is 0 Å². The van der Waals surface area contributed by atoms with Gasteiger partial charge in [0.1, 0.15) is 5.75 Å². The molecule has 8 heteroatoms. The molecule has 7 nitrogen and oxygen atoms in total. The fourth-order valence-corrected chi connectivity index (χ4v) is 4.30. The van der Waals surface area contributed by atoms with Gasteiger partial charge in [-0.05, 0) is 49.8 Å². The number of nitrogens with one attached hydrogen (secondary N) is 1. The first-order valence-corrected chi connectivity index (χ1v) is 11.0. The summed E-state index contributed by atoms with van der Waals surface area (Å²) in [5.74, 6) is 2.24. The first-order chi connectivity index (χ1) is 13.7. The van der Waals surface area contributed by atoms with Crippen LogP contribution in [0, 0.1) is 0 Å². The molecule has 2 heterocycles. The van der Waals surface area contributed by atoms with Gasteiger partial charge in [0.25, 0.3) is 0 Å². The summed E-state index contributed by atoms with van der Waals surface area (Å²) in [5.41, 5.74) is 1.18. The number of carbonyl (C=O) groups is 1. The minimum atomic E-state index is 0.0339. The molecule has 4 rings (SSSR count). The van der Waals surface area contributed by atoms with Gasteiger partial charge < -0.3 is 15.0 Å². The number of hydrogen-bond donors (Lipinski definition) is 1. The van der Waals surface area contributed by atoms with Crippen molar-refractivity contribution in [3.8, 4) is 5.75 Å². The monoisotopic (exact) mass is 401 g/mol. The van der Waals surface area contributed by atoms with Crippen LogP contribution >= 0.6 is 11.8 Å². The molecule has 28 heavy (non-hydrogen) atoms. The van der Waals surface area contributed by atoms with Crippen LogP contribution in [0.2, 0.25) is 0 Å². The molecule has 1 saturated carbocycles. The van der Waals surface area contributed by atoms with E-state index in [1.807, 2.05) is 24.3 Å². The van der Waals surface area contributed by atoms with Gasteiger partial charge in [-0.3, -0.25) is 9.36 Å². The Balaban J connectivity index is 1.26. The molecule has 0 spiro atoms. The number of nitrogens with zero attached hydrogens (tertiary/aromatic N) is 4. The zero-order valence-electron chi connectivity index (χ0n) is 16.3. The first-order valence-electron chi connectivity index (χ1n) is 9.97. The van der Waals surface area contributed by atoms with Crippen molar-refractivity contribution in [3.63, 3.8) is 0 Å². The van der Waals surface area contributed by atoms with E-state index < -0.39 is 0 Å². The Hall–Kier alpha value is -2.22. The van der Waals surface area contributed by atoms with Crippen molar-refractivity contribution in [1.82, 2.24) is 20.1 Å². The number of rotatable bonds is 9. The normalized spacial score (nSPS) is 16.4. The molecule has 0 bridgehead atoms. The minimum absolute atomic E-state index is 0.0339. The van der Waals surface area contributed by atoms with Crippen molar-refractivity contribution < 1.29 is 9.53 Å². The van der Waals surface area contributed by atoms with Crippen molar-refractivity contribution in [3.05, 3.63) is 29.8 Å². The van der Waals surface area contributed by atoms with Crippen LogP contribution in [0.15, 0.2) is 29.4 Å². The van der Waals surface area contributed by atoms with Crippen LogP contribution in [0.3, 0.4) is 0 Å². The third-order valence-electron chi connectivity index (χ3n) is 5.17. The van der Waals surface area contributed by atoms with Gasteiger partial charge in [-0.2, -0.15) is 0 Å². The molecular weight excluding hydrogens is 374 g/mol. The van der Waals surface area contributed by atoms with Crippen LogP contribution in [0.1, 0.15) is 37.3 Å². The van der Waals surface area contributed by atoms with Gasteiger partial charge in [-0.15, -0.1) is 10.2 Å². The molecule has 1 aromatic carbocycles. The zero-order chi connectivity index (χ0) is 19.3. The highest BCUT2D eigenvalue weighted by atomic mass is 32.2. The quantitative estimate of drug-likeness (QED) is 0.652. The lowest BCUT2D eigenvalue weighted by molar-refractivity contribution is -0.118. The summed E-state index contributed by atoms with van der Waals surface area (Å²) in [5, 5.41) is 12.7. The predicted molar refractivity (Wildman–Crippen MR) is 110 cm³/mol. The van der Waals surface area contributed by atoms with E-state index in [1.54, 1.807) is 7.11 Å². The molecule has 2 aromatic rings. The summed E-state index contributed by atoms with van der Waals surface area (Å²) in [6.45, 7) is 2.74. The predicted octanol–water partition coefficient (Wildman–Crippen LogP) is 2.67. The summed E-state index contributed by atoms with van der Waals surface area (Å²) in [6.07, 6.45) is 5.60. The third-order valence-corrected chi connectivity index (χ3v) is 6.12. The van der Waals surface area contributed by atoms with Gasteiger partial charge in [0.15, 0.2) is 5.16 Å². The number of aromatic nitrogens is 3. The zero-order valence-corrected chi connectivity index (χ0v) is 17.1. The maximum Gasteiger partial charge on any atom is 0.230 e. The first kappa shape index (κ1) is 19.1. The lowest BCUT2D eigenvalue weighted by Crippen LogP contribution is -2.27. The Morgan fingerprint density at radius 2 is 1.96 bits per heavy atom. The fourth-order valence-electron chi connectivity index (χ4n) is 3.47. The SMILES string of the molecule is COc1ccc(CCNC(=O)CSc2nnc(N3CCCC3)n2C2CC2)cc1. The van der Waals surface area contributed by atoms with E-state index in [0.717, 1.165) is 36.4 Å². The van der Waals surface area contributed by atoms with E-state index in [9.17, 15) is 4.79 Å². The van der Waals surface area contributed by atoms with Gasteiger partial charge in [0.2, 0.25) is 11.9 Å². The van der Waals surface area contributed by atoms with Crippen molar-refractivity contribution in [1.29, 1.82) is 0 Å². The van der Waals surface area contributed by atoms with Gasteiger partial charge in [-0.25, -0.2) is 0 Å². The van der Waals surface area contributed by atoms with Crippen LogP contribution in [0.25, 0.3) is 0 Å². The summed E-state index contributed by atoms with van der Waals surface area (Å²) in [7, 11) is 1.66. The van der Waals surface area contributed by atoms with Crippen molar-refractivity contribution >= 4 is 23.6 Å². The third kappa shape index (κ3) is 4.60. The number of thioether (sulfide) groups is 1. The summed E-state index contributed by atoms with van der Waals surface area (Å²) in [4.78, 5) is 14.6. The van der Waals surface area contributed by atoms with Gasteiger partial charge in [-0.1, -0.05) is 23.9 Å². The van der Waals surface area contributed by atoms with Crippen LogP contribution in [0.5, 0.6) is 5.75 Å². The number of carbonyl (C=O) groups excluding carboxylic acids is 1. The van der Waals surface area contributed by atoms with Crippen LogP contribution in [-0.2, 0) is 11.2 Å². The molecule has 1 N–H and O–H groups in total. The van der Waals surface area contributed by atoms with Crippen LogP contribution in [0.4, 0.5) is 5.95 Å². The number of methoxy groups -OCH3 is 1. The maximum absolute atomic E-state index is 12.2. The molecule has 0 unspecified atom stereocenters. The highest BCUT2D eigenvalue weighted by Gasteiger charge is 2.32. The van der Waals surface area contributed by atoms with Gasteiger partial charge >= 0.3 is 0 Å². The van der Waals surface area contributed by atoms with Crippen molar-refractivity contribution in [2.75, 3.05) is 37.4 Å².